The van der Waals surface area contributed by atoms with Gasteiger partial charge >= 0.3 is 5.97 Å². The van der Waals surface area contributed by atoms with Gasteiger partial charge in [0.05, 0.1) is 6.26 Å². The Hall–Kier alpha value is -2.82. The Kier molecular flexibility index (Phi) is 4.00. The van der Waals surface area contributed by atoms with E-state index >= 15 is 0 Å². The molecule has 1 heterocycles. The van der Waals surface area contributed by atoms with Crippen LogP contribution in [0.15, 0.2) is 47.1 Å². The van der Waals surface area contributed by atoms with Gasteiger partial charge in [-0.25, -0.2) is 4.79 Å². The summed E-state index contributed by atoms with van der Waals surface area (Å²) in [5.74, 6) is -1.15. The van der Waals surface area contributed by atoms with Crippen molar-refractivity contribution in [3.05, 3.63) is 59.6 Å². The van der Waals surface area contributed by atoms with Gasteiger partial charge in [-0.1, -0.05) is 12.1 Å². The molecule has 1 amide bonds. The predicted molar refractivity (Wildman–Crippen MR) is 74.5 cm³/mol. The molecule has 0 saturated carbocycles. The number of benzene rings is 1. The fraction of sp³-hybridized carbons (Fsp3) is 0.0667. The fourth-order valence-corrected chi connectivity index (χ4v) is 1.64. The molecule has 0 aliphatic heterocycles. The van der Waals surface area contributed by atoms with Crippen LogP contribution in [-0.4, -0.2) is 17.0 Å². The van der Waals surface area contributed by atoms with Crippen LogP contribution in [0.2, 0.25) is 0 Å². The number of amides is 1. The maximum atomic E-state index is 11.9. The van der Waals surface area contributed by atoms with E-state index in [1.807, 2.05) is 6.92 Å². The second kappa shape index (κ2) is 5.88. The molecule has 0 bridgehead atoms. The Morgan fingerprint density at radius 3 is 2.75 bits per heavy atom. The zero-order valence-corrected chi connectivity index (χ0v) is 10.8. The van der Waals surface area contributed by atoms with Crippen molar-refractivity contribution < 1.29 is 19.1 Å². The molecule has 0 aliphatic carbocycles. The molecule has 0 radical (unpaired) electrons. The van der Waals surface area contributed by atoms with Gasteiger partial charge in [-0.3, -0.25) is 4.79 Å². The summed E-state index contributed by atoms with van der Waals surface area (Å²) in [7, 11) is 0. The van der Waals surface area contributed by atoms with E-state index in [1.165, 1.54) is 12.3 Å². The molecule has 1 aromatic carbocycles. The van der Waals surface area contributed by atoms with E-state index in [1.54, 1.807) is 30.3 Å². The van der Waals surface area contributed by atoms with Crippen LogP contribution >= 0.6 is 0 Å². The van der Waals surface area contributed by atoms with Crippen molar-refractivity contribution in [2.75, 3.05) is 5.32 Å². The summed E-state index contributed by atoms with van der Waals surface area (Å²) in [5, 5.41) is 11.3. The number of aliphatic carboxylic acids is 1. The van der Waals surface area contributed by atoms with E-state index in [4.69, 9.17) is 9.52 Å². The maximum Gasteiger partial charge on any atom is 0.328 e. The lowest BCUT2D eigenvalue weighted by molar-refractivity contribution is -0.131. The molecule has 0 aliphatic rings. The normalized spacial score (nSPS) is 10.7. The highest BCUT2D eigenvalue weighted by atomic mass is 16.4. The number of carbonyl (C=O) groups excluding carboxylic acids is 1. The van der Waals surface area contributed by atoms with Crippen LogP contribution in [0, 0.1) is 6.92 Å². The summed E-state index contributed by atoms with van der Waals surface area (Å²) in [4.78, 5) is 22.4. The average Bonchev–Trinajstić information content (AvgIpc) is 2.93. The number of carboxylic acid groups (broad SMARTS) is 1. The fourth-order valence-electron chi connectivity index (χ4n) is 1.64. The average molecular weight is 271 g/mol. The highest BCUT2D eigenvalue weighted by Crippen LogP contribution is 2.19. The number of hydrogen-bond acceptors (Lipinski definition) is 3. The summed E-state index contributed by atoms with van der Waals surface area (Å²) >= 11 is 0. The zero-order valence-electron chi connectivity index (χ0n) is 10.8. The first-order chi connectivity index (χ1) is 9.56. The monoisotopic (exact) mass is 271 g/mol. The predicted octanol–water partition coefficient (Wildman–Crippen LogP) is 2.94. The SMILES string of the molecule is Cc1ccc(C=CC(=O)O)cc1NC(=O)c1ccco1. The molecule has 0 atom stereocenters. The molecule has 0 spiro atoms. The summed E-state index contributed by atoms with van der Waals surface area (Å²) in [6.07, 6.45) is 3.93. The first-order valence-corrected chi connectivity index (χ1v) is 5.93. The van der Waals surface area contributed by atoms with E-state index in [9.17, 15) is 9.59 Å². The number of anilines is 1. The van der Waals surface area contributed by atoms with Crippen LogP contribution in [0.1, 0.15) is 21.7 Å². The zero-order chi connectivity index (χ0) is 14.5. The van der Waals surface area contributed by atoms with E-state index < -0.39 is 5.97 Å². The number of furan rings is 1. The van der Waals surface area contributed by atoms with Crippen LogP contribution < -0.4 is 5.32 Å². The quantitative estimate of drug-likeness (QED) is 0.838. The van der Waals surface area contributed by atoms with Crippen LogP contribution in [0.5, 0.6) is 0 Å². The van der Waals surface area contributed by atoms with Gasteiger partial charge in [0.2, 0.25) is 0 Å². The lowest BCUT2D eigenvalue weighted by Crippen LogP contribution is -2.11. The lowest BCUT2D eigenvalue weighted by Gasteiger charge is -2.08. The van der Waals surface area contributed by atoms with Gasteiger partial charge in [-0.05, 0) is 42.3 Å². The van der Waals surface area contributed by atoms with Gasteiger partial charge in [-0.15, -0.1) is 0 Å². The Bertz CT molecular complexity index is 657. The highest BCUT2D eigenvalue weighted by molar-refractivity contribution is 6.02. The Labute approximate surface area is 115 Å². The minimum atomic E-state index is -1.02. The van der Waals surface area contributed by atoms with Gasteiger partial charge in [0.1, 0.15) is 0 Å². The number of aryl methyl sites for hydroxylation is 1. The number of nitrogens with one attached hydrogen (secondary N) is 1. The standard InChI is InChI=1S/C15H13NO4/c1-10-4-5-11(6-7-14(17)18)9-12(10)16-15(19)13-3-2-8-20-13/h2-9H,1H3,(H,16,19)(H,17,18). The first kappa shape index (κ1) is 13.6. The highest BCUT2D eigenvalue weighted by Gasteiger charge is 2.10. The minimum Gasteiger partial charge on any atom is -0.478 e. The van der Waals surface area contributed by atoms with Gasteiger partial charge in [0, 0.05) is 11.8 Å². The topological polar surface area (TPSA) is 79.5 Å². The van der Waals surface area contributed by atoms with Gasteiger partial charge in [0.15, 0.2) is 5.76 Å². The van der Waals surface area contributed by atoms with Crippen molar-refractivity contribution in [1.82, 2.24) is 0 Å². The van der Waals surface area contributed by atoms with Gasteiger partial charge < -0.3 is 14.8 Å². The van der Waals surface area contributed by atoms with Gasteiger partial charge in [0.25, 0.3) is 5.91 Å². The minimum absolute atomic E-state index is 0.218. The van der Waals surface area contributed by atoms with Crippen molar-refractivity contribution in [1.29, 1.82) is 0 Å². The third-order valence-corrected chi connectivity index (χ3v) is 2.67. The van der Waals surface area contributed by atoms with Crippen LogP contribution in [0.25, 0.3) is 6.08 Å². The third-order valence-electron chi connectivity index (χ3n) is 2.67. The molecule has 2 aromatic rings. The Balaban J connectivity index is 2.20. The molecule has 5 nitrogen and oxygen atoms in total. The molecular formula is C15H13NO4. The third kappa shape index (κ3) is 3.35. The van der Waals surface area contributed by atoms with E-state index in [0.717, 1.165) is 11.6 Å². The molecular weight excluding hydrogens is 258 g/mol. The number of carbonyl (C=O) groups is 2. The molecule has 2 N–H and O–H groups in total. The van der Waals surface area contributed by atoms with Crippen LogP contribution in [0.4, 0.5) is 5.69 Å². The molecule has 0 saturated heterocycles. The molecule has 102 valence electrons. The van der Waals surface area contributed by atoms with E-state index in [2.05, 4.69) is 5.32 Å². The maximum absolute atomic E-state index is 11.9. The van der Waals surface area contributed by atoms with Crippen molar-refractivity contribution in [3.8, 4) is 0 Å². The number of carboxylic acids is 1. The van der Waals surface area contributed by atoms with Crippen molar-refractivity contribution in [2.45, 2.75) is 6.92 Å². The second-order valence-electron chi connectivity index (χ2n) is 4.18. The molecule has 20 heavy (non-hydrogen) atoms. The largest absolute Gasteiger partial charge is 0.478 e. The molecule has 1 aromatic heterocycles. The molecule has 0 unspecified atom stereocenters. The Morgan fingerprint density at radius 2 is 2.10 bits per heavy atom. The smallest absolute Gasteiger partial charge is 0.328 e. The van der Waals surface area contributed by atoms with Gasteiger partial charge in [-0.2, -0.15) is 0 Å². The van der Waals surface area contributed by atoms with Crippen molar-refractivity contribution in [2.24, 2.45) is 0 Å². The summed E-state index contributed by atoms with van der Waals surface area (Å²) in [6.45, 7) is 1.85. The summed E-state index contributed by atoms with van der Waals surface area (Å²) in [5.41, 5.74) is 2.17. The van der Waals surface area contributed by atoms with E-state index in [0.29, 0.717) is 11.3 Å². The van der Waals surface area contributed by atoms with E-state index in [-0.39, 0.29) is 11.7 Å². The molecule has 0 fully saturated rings. The second-order valence-corrected chi connectivity index (χ2v) is 4.18. The van der Waals surface area contributed by atoms with Crippen LogP contribution in [0.3, 0.4) is 0 Å². The summed E-state index contributed by atoms with van der Waals surface area (Å²) in [6, 6.07) is 8.48. The lowest BCUT2D eigenvalue weighted by atomic mass is 10.1. The number of hydrogen-bond donors (Lipinski definition) is 2. The summed E-state index contributed by atoms with van der Waals surface area (Å²) < 4.78 is 5.01. The first-order valence-electron chi connectivity index (χ1n) is 5.93. The molecule has 5 heteroatoms. The molecule has 2 rings (SSSR count). The van der Waals surface area contributed by atoms with Crippen molar-refractivity contribution in [3.63, 3.8) is 0 Å². The number of rotatable bonds is 4. The Morgan fingerprint density at radius 1 is 1.30 bits per heavy atom. The van der Waals surface area contributed by atoms with Crippen molar-refractivity contribution >= 4 is 23.6 Å². The van der Waals surface area contributed by atoms with Crippen LogP contribution in [-0.2, 0) is 4.79 Å².